The Morgan fingerprint density at radius 1 is 1.21 bits per heavy atom. The van der Waals surface area contributed by atoms with Gasteiger partial charge < -0.3 is 10.1 Å². The molecule has 1 heterocycles. The van der Waals surface area contributed by atoms with Crippen molar-refractivity contribution in [3.8, 4) is 11.4 Å². The molecule has 0 spiro atoms. The number of para-hydroxylation sites is 1. The molecule has 0 saturated heterocycles. The van der Waals surface area contributed by atoms with Crippen LogP contribution in [0.15, 0.2) is 59.2 Å². The number of ether oxygens (including phenoxy) is 1. The number of aryl methyl sites for hydroxylation is 1. The summed E-state index contributed by atoms with van der Waals surface area (Å²) in [7, 11) is 1.52. The van der Waals surface area contributed by atoms with Crippen LogP contribution in [0.4, 0.5) is 5.69 Å². The number of nitrogens with zero attached hydrogens (tertiary/aromatic N) is 2. The molecule has 0 fully saturated rings. The summed E-state index contributed by atoms with van der Waals surface area (Å²) in [4.78, 5) is 12.6. The number of carbonyl (C=O) groups is 1. The smallest absolute Gasteiger partial charge is 0.280 e. The zero-order valence-electron chi connectivity index (χ0n) is 13.3. The van der Waals surface area contributed by atoms with Gasteiger partial charge in [-0.15, -0.1) is 0 Å². The van der Waals surface area contributed by atoms with Gasteiger partial charge in [-0.25, -0.2) is 4.68 Å². The second-order valence-electron chi connectivity index (χ2n) is 5.24. The topological polar surface area (TPSA) is 56.2 Å². The highest BCUT2D eigenvalue weighted by atomic mass is 79.9. The third-order valence-electron chi connectivity index (χ3n) is 3.58. The van der Waals surface area contributed by atoms with Gasteiger partial charge in [0, 0.05) is 10.2 Å². The maximum Gasteiger partial charge on any atom is 0.280 e. The molecule has 1 aromatic heterocycles. The quantitative estimate of drug-likeness (QED) is 0.731. The molecule has 1 N–H and O–H groups in total. The minimum Gasteiger partial charge on any atom is -0.493 e. The molecule has 0 aliphatic carbocycles. The number of hydrogen-bond acceptors (Lipinski definition) is 3. The standard InChI is InChI=1S/C18H16BrN3O2/c1-12-8-9-13(19)10-15(12)20-18(23)17-16(24-2)11-22(21-17)14-6-4-3-5-7-14/h3-11H,1-2H3,(H,20,23). The van der Waals surface area contributed by atoms with Crippen molar-refractivity contribution in [3.63, 3.8) is 0 Å². The van der Waals surface area contributed by atoms with Crippen LogP contribution in [0.3, 0.4) is 0 Å². The van der Waals surface area contributed by atoms with Crippen molar-refractivity contribution in [2.45, 2.75) is 6.92 Å². The Hall–Kier alpha value is -2.60. The van der Waals surface area contributed by atoms with Gasteiger partial charge in [0.15, 0.2) is 11.4 Å². The molecule has 122 valence electrons. The number of nitrogens with one attached hydrogen (secondary N) is 1. The average Bonchev–Trinajstić information content (AvgIpc) is 3.03. The van der Waals surface area contributed by atoms with Gasteiger partial charge in [-0.05, 0) is 36.8 Å². The number of aromatic nitrogens is 2. The normalized spacial score (nSPS) is 10.5. The lowest BCUT2D eigenvalue weighted by Gasteiger charge is -2.08. The predicted molar refractivity (Wildman–Crippen MR) is 96.9 cm³/mol. The lowest BCUT2D eigenvalue weighted by Crippen LogP contribution is -2.15. The SMILES string of the molecule is COc1cn(-c2ccccc2)nc1C(=O)Nc1cc(Br)ccc1C. The fourth-order valence-corrected chi connectivity index (χ4v) is 2.65. The summed E-state index contributed by atoms with van der Waals surface area (Å²) >= 11 is 3.41. The minimum absolute atomic E-state index is 0.237. The van der Waals surface area contributed by atoms with Gasteiger partial charge >= 0.3 is 0 Å². The Balaban J connectivity index is 1.92. The predicted octanol–water partition coefficient (Wildman–Crippen LogP) is 4.20. The fourth-order valence-electron chi connectivity index (χ4n) is 2.29. The molecule has 2 aromatic carbocycles. The number of carbonyl (C=O) groups excluding carboxylic acids is 1. The van der Waals surface area contributed by atoms with Crippen molar-refractivity contribution >= 4 is 27.5 Å². The lowest BCUT2D eigenvalue weighted by molar-refractivity contribution is 0.101. The van der Waals surface area contributed by atoms with E-state index in [9.17, 15) is 4.79 Å². The molecule has 0 radical (unpaired) electrons. The summed E-state index contributed by atoms with van der Waals surface area (Å²) in [6.07, 6.45) is 1.69. The highest BCUT2D eigenvalue weighted by Gasteiger charge is 2.19. The van der Waals surface area contributed by atoms with Crippen LogP contribution < -0.4 is 10.1 Å². The molecule has 3 aromatic rings. The molecule has 0 aliphatic rings. The second kappa shape index (κ2) is 6.88. The van der Waals surface area contributed by atoms with E-state index in [0.717, 1.165) is 21.4 Å². The molecule has 0 atom stereocenters. The molecule has 6 heteroatoms. The molecular weight excluding hydrogens is 370 g/mol. The monoisotopic (exact) mass is 385 g/mol. The molecule has 0 unspecified atom stereocenters. The highest BCUT2D eigenvalue weighted by Crippen LogP contribution is 2.24. The van der Waals surface area contributed by atoms with Crippen molar-refractivity contribution in [1.29, 1.82) is 0 Å². The van der Waals surface area contributed by atoms with E-state index in [0.29, 0.717) is 5.75 Å². The summed E-state index contributed by atoms with van der Waals surface area (Å²) in [5.74, 6) is 0.103. The minimum atomic E-state index is -0.317. The Labute approximate surface area is 148 Å². The van der Waals surface area contributed by atoms with Crippen LogP contribution in [0.1, 0.15) is 16.1 Å². The largest absolute Gasteiger partial charge is 0.493 e. The number of hydrogen-bond donors (Lipinski definition) is 1. The van der Waals surface area contributed by atoms with Gasteiger partial charge in [0.05, 0.1) is 19.0 Å². The van der Waals surface area contributed by atoms with Gasteiger partial charge in [0.25, 0.3) is 5.91 Å². The highest BCUT2D eigenvalue weighted by molar-refractivity contribution is 9.10. The van der Waals surface area contributed by atoms with Crippen LogP contribution in [-0.4, -0.2) is 22.8 Å². The molecule has 1 amide bonds. The van der Waals surface area contributed by atoms with Gasteiger partial charge in [-0.2, -0.15) is 5.10 Å². The summed E-state index contributed by atoms with van der Waals surface area (Å²) < 4.78 is 7.83. The third kappa shape index (κ3) is 3.33. The molecule has 24 heavy (non-hydrogen) atoms. The zero-order chi connectivity index (χ0) is 17.1. The average molecular weight is 386 g/mol. The van der Waals surface area contributed by atoms with Crippen LogP contribution in [0.25, 0.3) is 5.69 Å². The van der Waals surface area contributed by atoms with Crippen LogP contribution in [-0.2, 0) is 0 Å². The van der Waals surface area contributed by atoms with E-state index in [-0.39, 0.29) is 11.6 Å². The zero-order valence-corrected chi connectivity index (χ0v) is 14.9. The van der Waals surface area contributed by atoms with Crippen molar-refractivity contribution in [1.82, 2.24) is 9.78 Å². The third-order valence-corrected chi connectivity index (χ3v) is 4.08. The molecule has 3 rings (SSSR count). The number of anilines is 1. The van der Waals surface area contributed by atoms with Gasteiger partial charge in [-0.1, -0.05) is 40.2 Å². The maximum atomic E-state index is 12.6. The Morgan fingerprint density at radius 3 is 2.67 bits per heavy atom. The summed E-state index contributed by atoms with van der Waals surface area (Å²) in [6.45, 7) is 1.93. The molecular formula is C18H16BrN3O2. The lowest BCUT2D eigenvalue weighted by atomic mass is 10.2. The van der Waals surface area contributed by atoms with E-state index < -0.39 is 0 Å². The first-order valence-corrected chi connectivity index (χ1v) is 8.14. The van der Waals surface area contributed by atoms with Crippen molar-refractivity contribution in [2.24, 2.45) is 0 Å². The Bertz CT molecular complexity index is 875. The fraction of sp³-hybridized carbons (Fsp3) is 0.111. The molecule has 0 aliphatic heterocycles. The summed E-state index contributed by atoms with van der Waals surface area (Å²) in [5, 5.41) is 7.25. The van der Waals surface area contributed by atoms with Crippen LogP contribution in [0.2, 0.25) is 0 Å². The molecule has 0 saturated carbocycles. The van der Waals surface area contributed by atoms with Crippen LogP contribution in [0, 0.1) is 6.92 Å². The van der Waals surface area contributed by atoms with Crippen molar-refractivity contribution < 1.29 is 9.53 Å². The van der Waals surface area contributed by atoms with Gasteiger partial charge in [-0.3, -0.25) is 4.79 Å². The van der Waals surface area contributed by atoms with Gasteiger partial charge in [0.2, 0.25) is 0 Å². The summed E-state index contributed by atoms with van der Waals surface area (Å²) in [6, 6.07) is 15.3. The first-order chi connectivity index (χ1) is 11.6. The van der Waals surface area contributed by atoms with Crippen molar-refractivity contribution in [2.75, 3.05) is 12.4 Å². The molecule has 0 bridgehead atoms. The Morgan fingerprint density at radius 2 is 1.96 bits per heavy atom. The van der Waals surface area contributed by atoms with Crippen LogP contribution in [0.5, 0.6) is 5.75 Å². The number of rotatable bonds is 4. The maximum absolute atomic E-state index is 12.6. The number of benzene rings is 2. The Kier molecular flexibility index (Phi) is 4.66. The van der Waals surface area contributed by atoms with Gasteiger partial charge in [0.1, 0.15) is 0 Å². The molecule has 5 nitrogen and oxygen atoms in total. The number of halogens is 1. The first kappa shape index (κ1) is 16.3. The number of amides is 1. The van der Waals surface area contributed by atoms with E-state index in [4.69, 9.17) is 4.74 Å². The number of methoxy groups -OCH3 is 1. The first-order valence-electron chi connectivity index (χ1n) is 7.35. The van der Waals surface area contributed by atoms with E-state index in [1.54, 1.807) is 10.9 Å². The van der Waals surface area contributed by atoms with E-state index in [2.05, 4.69) is 26.3 Å². The van der Waals surface area contributed by atoms with Crippen LogP contribution >= 0.6 is 15.9 Å². The summed E-state index contributed by atoms with van der Waals surface area (Å²) in [5.41, 5.74) is 2.79. The van der Waals surface area contributed by atoms with E-state index >= 15 is 0 Å². The van der Waals surface area contributed by atoms with Crippen molar-refractivity contribution in [3.05, 3.63) is 70.5 Å². The second-order valence-corrected chi connectivity index (χ2v) is 6.16. The van der Waals surface area contributed by atoms with E-state index in [1.165, 1.54) is 7.11 Å². The van der Waals surface area contributed by atoms with E-state index in [1.807, 2.05) is 55.5 Å².